The quantitative estimate of drug-likeness (QED) is 0.336. The van der Waals surface area contributed by atoms with Crippen molar-refractivity contribution in [1.82, 2.24) is 19.6 Å². The number of hydrogen-bond donors (Lipinski definition) is 1. The maximum atomic E-state index is 14.4. The van der Waals surface area contributed by atoms with Gasteiger partial charge in [0.25, 0.3) is 15.9 Å². The van der Waals surface area contributed by atoms with Crippen molar-refractivity contribution in [2.45, 2.75) is 61.1 Å². The Bertz CT molecular complexity index is 1580. The predicted molar refractivity (Wildman–Crippen MR) is 147 cm³/mol. The summed E-state index contributed by atoms with van der Waals surface area (Å²) in [6, 6.07) is 6.86. The Hall–Kier alpha value is -2.88. The van der Waals surface area contributed by atoms with Crippen LogP contribution in [0, 0.1) is 0 Å². The average molecular weight is 650 g/mol. The van der Waals surface area contributed by atoms with E-state index in [0.29, 0.717) is 39.4 Å². The highest BCUT2D eigenvalue weighted by atomic mass is 35.5. The minimum atomic E-state index is -4.51. The average Bonchev–Trinajstić information content (AvgIpc) is 3.65. The van der Waals surface area contributed by atoms with Gasteiger partial charge in [0.05, 0.1) is 34.4 Å². The summed E-state index contributed by atoms with van der Waals surface area (Å²) >= 11 is 6.54. The lowest BCUT2D eigenvalue weighted by Gasteiger charge is -2.23. The minimum Gasteiger partial charge on any atom is -0.349 e. The molecule has 42 heavy (non-hydrogen) atoms. The Kier molecular flexibility index (Phi) is 8.24. The normalized spacial score (nSPS) is 21.2. The molecule has 0 radical (unpaired) electrons. The lowest BCUT2D eigenvalue weighted by molar-refractivity contribution is -0.137. The number of thiophene rings is 1. The summed E-state index contributed by atoms with van der Waals surface area (Å²) in [6.07, 6.45) is -3.75. The van der Waals surface area contributed by atoms with Gasteiger partial charge in [-0.15, -0.1) is 11.3 Å². The zero-order valence-corrected chi connectivity index (χ0v) is 24.4. The molecule has 1 N–H and O–H groups in total. The Morgan fingerprint density at radius 1 is 1.17 bits per heavy atom. The fraction of sp³-hybridized carbons (Fsp3) is 0.423. The van der Waals surface area contributed by atoms with E-state index < -0.39 is 52.6 Å². The fourth-order valence-electron chi connectivity index (χ4n) is 5.02. The van der Waals surface area contributed by atoms with Gasteiger partial charge in [0.2, 0.25) is 11.9 Å². The summed E-state index contributed by atoms with van der Waals surface area (Å²) in [5.41, 5.74) is 0.141. The molecule has 2 aliphatic rings. The van der Waals surface area contributed by atoms with Crippen LogP contribution in [-0.4, -0.2) is 59.7 Å². The van der Waals surface area contributed by atoms with Gasteiger partial charge < -0.3 is 10.2 Å². The predicted octanol–water partition coefficient (Wildman–Crippen LogP) is 5.58. The van der Waals surface area contributed by atoms with E-state index in [4.69, 9.17) is 11.6 Å². The third-order valence-electron chi connectivity index (χ3n) is 7.17. The highest BCUT2D eigenvalue weighted by Gasteiger charge is 2.53. The summed E-state index contributed by atoms with van der Waals surface area (Å²) in [6.45, 7) is 1.22. The number of amides is 1. The molecule has 2 atom stereocenters. The molecule has 0 spiro atoms. The third-order valence-corrected chi connectivity index (χ3v) is 10.7. The van der Waals surface area contributed by atoms with Gasteiger partial charge in [0, 0.05) is 24.6 Å². The van der Waals surface area contributed by atoms with E-state index in [0.717, 1.165) is 25.0 Å². The smallest absolute Gasteiger partial charge is 0.349 e. The number of aromatic nitrogens is 2. The van der Waals surface area contributed by atoms with Crippen LogP contribution < -0.4 is 10.2 Å². The number of hydrogen-bond acceptors (Lipinski definition) is 7. The van der Waals surface area contributed by atoms with E-state index >= 15 is 0 Å². The lowest BCUT2D eigenvalue weighted by Crippen LogP contribution is -2.45. The van der Waals surface area contributed by atoms with Crippen LogP contribution in [0.1, 0.15) is 37.4 Å². The first-order valence-electron chi connectivity index (χ1n) is 12.9. The first-order chi connectivity index (χ1) is 19.6. The second kappa shape index (κ2) is 11.3. The van der Waals surface area contributed by atoms with Gasteiger partial charge in [-0.3, -0.25) is 4.79 Å². The van der Waals surface area contributed by atoms with Crippen molar-refractivity contribution in [3.8, 4) is 11.3 Å². The van der Waals surface area contributed by atoms with E-state index in [9.17, 15) is 35.2 Å². The molecular formula is C26H25ClF5N5O3S2. The molecule has 1 unspecified atom stereocenters. The molecule has 2 aliphatic heterocycles. The molecule has 8 nitrogen and oxygen atoms in total. The second-order valence-electron chi connectivity index (χ2n) is 10.2. The zero-order valence-electron chi connectivity index (χ0n) is 22.0. The van der Waals surface area contributed by atoms with E-state index in [1.807, 2.05) is 11.8 Å². The molecule has 1 amide bonds. The molecule has 0 saturated carbocycles. The topological polar surface area (TPSA) is 95.5 Å². The Labute approximate surface area is 247 Å². The third kappa shape index (κ3) is 6.38. The van der Waals surface area contributed by atoms with Crippen molar-refractivity contribution in [3.05, 3.63) is 58.1 Å². The van der Waals surface area contributed by atoms with E-state index in [1.165, 1.54) is 30.3 Å². The van der Waals surface area contributed by atoms with Crippen LogP contribution in [0.25, 0.3) is 11.3 Å². The number of rotatable bonds is 7. The van der Waals surface area contributed by atoms with Crippen LogP contribution in [0.2, 0.25) is 4.34 Å². The highest BCUT2D eigenvalue weighted by molar-refractivity contribution is 7.91. The summed E-state index contributed by atoms with van der Waals surface area (Å²) in [7, 11) is -4.43. The van der Waals surface area contributed by atoms with Crippen LogP contribution in [0.4, 0.5) is 27.9 Å². The second-order valence-corrected chi connectivity index (χ2v) is 14.0. The van der Waals surface area contributed by atoms with Gasteiger partial charge >= 0.3 is 6.18 Å². The van der Waals surface area contributed by atoms with Gasteiger partial charge in [-0.05, 0) is 50.1 Å². The summed E-state index contributed by atoms with van der Waals surface area (Å²) < 4.78 is 94.7. The number of carbonyl (C=O) groups excluding carboxylic acids is 1. The maximum absolute atomic E-state index is 14.4. The number of benzene rings is 1. The van der Waals surface area contributed by atoms with Gasteiger partial charge in [-0.1, -0.05) is 23.7 Å². The summed E-state index contributed by atoms with van der Waals surface area (Å²) in [5.74, 6) is -4.06. The first-order valence-corrected chi connectivity index (χ1v) is 15.5. The van der Waals surface area contributed by atoms with Crippen LogP contribution in [0.5, 0.6) is 0 Å². The number of sulfonamides is 1. The molecule has 4 heterocycles. The molecule has 1 aromatic carbocycles. The van der Waals surface area contributed by atoms with Gasteiger partial charge in [0.15, 0.2) is 0 Å². The monoisotopic (exact) mass is 649 g/mol. The molecular weight excluding hydrogens is 625 g/mol. The fourth-order valence-corrected chi connectivity index (χ4v) is 8.25. The molecule has 2 fully saturated rings. The van der Waals surface area contributed by atoms with Gasteiger partial charge in [-0.2, -0.15) is 17.5 Å². The van der Waals surface area contributed by atoms with E-state index in [-0.39, 0.29) is 26.8 Å². The molecule has 2 saturated heterocycles. The van der Waals surface area contributed by atoms with Crippen molar-refractivity contribution in [2.75, 3.05) is 18.0 Å². The number of anilines is 1. The number of nitrogens with one attached hydrogen (secondary N) is 1. The number of alkyl halides is 5. The molecule has 0 bridgehead atoms. The molecule has 5 rings (SSSR count). The summed E-state index contributed by atoms with van der Waals surface area (Å²) in [4.78, 5) is 24.2. The lowest BCUT2D eigenvalue weighted by atomic mass is 10.1. The van der Waals surface area contributed by atoms with E-state index in [2.05, 4.69) is 15.3 Å². The van der Waals surface area contributed by atoms with Crippen molar-refractivity contribution in [2.24, 2.45) is 0 Å². The van der Waals surface area contributed by atoms with Crippen LogP contribution >= 0.6 is 22.9 Å². The molecule has 16 heteroatoms. The van der Waals surface area contributed by atoms with Gasteiger partial charge in [-0.25, -0.2) is 27.2 Å². The van der Waals surface area contributed by atoms with Crippen molar-refractivity contribution >= 4 is 44.8 Å². The minimum absolute atomic E-state index is 0.0977. The number of carbonyl (C=O) groups is 1. The summed E-state index contributed by atoms with van der Waals surface area (Å²) in [5, 5.41) is 2.52. The Morgan fingerprint density at radius 3 is 2.48 bits per heavy atom. The van der Waals surface area contributed by atoms with Crippen molar-refractivity contribution in [1.29, 1.82) is 0 Å². The molecule has 2 aromatic heterocycles. The standard InChI is InChI=1S/C26H25ClF5N5O3S2/c1-15-3-2-10-36(15)24-34-18(11-19(35-24)16-4-6-17(7-5-16)26(30,31)32)13-33-23(38)20-12-25(28,29)14-37(20)42(39,40)22-9-8-21(27)41-22/h4-9,11,15,20H,2-3,10,12-14H2,1H3,(H,33,38)/t15?,20-/m0/s1. The molecule has 0 aliphatic carbocycles. The highest BCUT2D eigenvalue weighted by Crippen LogP contribution is 2.38. The molecule has 226 valence electrons. The molecule has 3 aromatic rings. The van der Waals surface area contributed by atoms with Gasteiger partial charge in [0.1, 0.15) is 10.3 Å². The van der Waals surface area contributed by atoms with E-state index in [1.54, 1.807) is 0 Å². The Balaban J connectivity index is 1.41. The Morgan fingerprint density at radius 2 is 1.88 bits per heavy atom. The van der Waals surface area contributed by atoms with Crippen LogP contribution in [-0.2, 0) is 27.5 Å². The largest absolute Gasteiger partial charge is 0.416 e. The van der Waals surface area contributed by atoms with Crippen LogP contribution in [0.3, 0.4) is 0 Å². The maximum Gasteiger partial charge on any atom is 0.416 e. The number of halogens is 6. The number of nitrogens with zero attached hydrogens (tertiary/aromatic N) is 4. The first kappa shape index (κ1) is 30.6. The SMILES string of the molecule is CC1CCCN1c1nc(CNC(=O)[C@@H]2CC(F)(F)CN2S(=O)(=O)c2ccc(Cl)s2)cc(-c2ccc(C(F)(F)F)cc2)n1. The zero-order chi connectivity index (χ0) is 30.4. The van der Waals surface area contributed by atoms with Crippen molar-refractivity contribution < 1.29 is 35.2 Å². The van der Waals surface area contributed by atoms with Crippen molar-refractivity contribution in [3.63, 3.8) is 0 Å². The van der Waals surface area contributed by atoms with Crippen LogP contribution in [0.15, 0.2) is 46.7 Å².